The molecule has 30 heavy (non-hydrogen) atoms. The molecule has 0 aliphatic heterocycles. The van der Waals surface area contributed by atoms with Gasteiger partial charge < -0.3 is 19.7 Å². The Morgan fingerprint density at radius 2 is 1.93 bits per heavy atom. The van der Waals surface area contributed by atoms with E-state index in [1.165, 1.54) is 24.8 Å². The number of carbonyl (C=O) groups is 2. The fourth-order valence-corrected chi connectivity index (χ4v) is 2.96. The molecule has 0 radical (unpaired) electrons. The molecule has 0 fully saturated rings. The zero-order valence-corrected chi connectivity index (χ0v) is 17.2. The van der Waals surface area contributed by atoms with Gasteiger partial charge in [-0.25, -0.2) is 0 Å². The Kier molecular flexibility index (Phi) is 6.58. The van der Waals surface area contributed by atoms with Crippen LogP contribution in [0.2, 0.25) is 5.02 Å². The van der Waals surface area contributed by atoms with Crippen LogP contribution in [0.5, 0.6) is 11.5 Å². The van der Waals surface area contributed by atoms with Gasteiger partial charge >= 0.3 is 0 Å². The molecule has 3 aromatic rings. The van der Waals surface area contributed by atoms with Gasteiger partial charge in [-0.05, 0) is 24.1 Å². The lowest BCUT2D eigenvalue weighted by atomic mass is 10.1. The SMILES string of the molecule is CCc1ccc(-c2cc(NC(=O)c3cc(Cl)c(OCC(N)=O)c(OC)c3)on2)cc1. The molecule has 3 N–H and O–H groups in total. The molecule has 0 spiro atoms. The first-order chi connectivity index (χ1) is 14.4. The van der Waals surface area contributed by atoms with Crippen LogP contribution < -0.4 is 20.5 Å². The number of ether oxygens (including phenoxy) is 2. The first kappa shape index (κ1) is 21.2. The maximum atomic E-state index is 12.6. The summed E-state index contributed by atoms with van der Waals surface area (Å²) in [6.45, 7) is 1.71. The van der Waals surface area contributed by atoms with Crippen molar-refractivity contribution in [2.45, 2.75) is 13.3 Å². The monoisotopic (exact) mass is 429 g/mol. The number of nitrogens with two attached hydrogens (primary N) is 1. The minimum atomic E-state index is -0.666. The third-order valence-corrected chi connectivity index (χ3v) is 4.54. The number of aryl methyl sites for hydroxylation is 1. The molecule has 2 aromatic carbocycles. The second-order valence-corrected chi connectivity index (χ2v) is 6.73. The molecule has 156 valence electrons. The second kappa shape index (κ2) is 9.32. The molecule has 9 heteroatoms. The van der Waals surface area contributed by atoms with Crippen LogP contribution in [0, 0.1) is 0 Å². The minimum absolute atomic E-state index is 0.0926. The lowest BCUT2D eigenvalue weighted by molar-refractivity contribution is -0.119. The fourth-order valence-electron chi connectivity index (χ4n) is 2.70. The first-order valence-corrected chi connectivity index (χ1v) is 9.45. The maximum absolute atomic E-state index is 12.6. The molecule has 1 heterocycles. The molecule has 0 atom stereocenters. The summed E-state index contributed by atoms with van der Waals surface area (Å²) in [5.41, 5.74) is 7.96. The Morgan fingerprint density at radius 3 is 2.57 bits per heavy atom. The average Bonchev–Trinajstić information content (AvgIpc) is 3.20. The van der Waals surface area contributed by atoms with Crippen LogP contribution in [0.25, 0.3) is 11.3 Å². The van der Waals surface area contributed by atoms with Gasteiger partial charge in [0.1, 0.15) is 5.69 Å². The molecular weight excluding hydrogens is 410 g/mol. The van der Waals surface area contributed by atoms with E-state index >= 15 is 0 Å². The van der Waals surface area contributed by atoms with Crippen molar-refractivity contribution < 1.29 is 23.6 Å². The number of hydrogen-bond donors (Lipinski definition) is 2. The summed E-state index contributed by atoms with van der Waals surface area (Å²) in [5, 5.41) is 6.71. The van der Waals surface area contributed by atoms with Gasteiger partial charge in [0.25, 0.3) is 11.8 Å². The third-order valence-electron chi connectivity index (χ3n) is 4.26. The predicted molar refractivity (Wildman–Crippen MR) is 112 cm³/mol. The van der Waals surface area contributed by atoms with Crippen molar-refractivity contribution >= 4 is 29.3 Å². The van der Waals surface area contributed by atoms with E-state index in [1.54, 1.807) is 6.07 Å². The van der Waals surface area contributed by atoms with Gasteiger partial charge in [0, 0.05) is 17.2 Å². The van der Waals surface area contributed by atoms with Crippen LogP contribution in [0.1, 0.15) is 22.8 Å². The maximum Gasteiger partial charge on any atom is 0.258 e. The summed E-state index contributed by atoms with van der Waals surface area (Å²) in [6.07, 6.45) is 0.943. The van der Waals surface area contributed by atoms with Crippen molar-refractivity contribution in [1.29, 1.82) is 0 Å². The highest BCUT2D eigenvalue weighted by Crippen LogP contribution is 2.36. The van der Waals surface area contributed by atoms with Gasteiger partial charge in [0.15, 0.2) is 18.1 Å². The van der Waals surface area contributed by atoms with E-state index < -0.39 is 11.8 Å². The standard InChI is InChI=1S/C21H20ClN3O5/c1-3-12-4-6-13(7-5-12)16-10-19(30-25-16)24-21(27)14-8-15(22)20(17(9-14)28-2)29-11-18(23)26/h4-10H,3,11H2,1-2H3,(H2,23,26)(H,24,27). The van der Waals surface area contributed by atoms with Crippen LogP contribution >= 0.6 is 11.6 Å². The second-order valence-electron chi connectivity index (χ2n) is 6.33. The molecule has 3 rings (SSSR count). The number of halogens is 1. The van der Waals surface area contributed by atoms with E-state index in [1.807, 2.05) is 24.3 Å². The molecule has 0 aliphatic rings. The number of primary amides is 1. The van der Waals surface area contributed by atoms with E-state index in [0.717, 1.165) is 12.0 Å². The number of methoxy groups -OCH3 is 1. The average molecular weight is 430 g/mol. The number of amides is 2. The lowest BCUT2D eigenvalue weighted by Crippen LogP contribution is -2.20. The minimum Gasteiger partial charge on any atom is -0.493 e. The Hall–Kier alpha value is -3.52. The summed E-state index contributed by atoms with van der Waals surface area (Å²) in [7, 11) is 1.39. The Bertz CT molecular complexity index is 1060. The number of rotatable bonds is 8. The van der Waals surface area contributed by atoms with E-state index in [-0.39, 0.29) is 34.6 Å². The van der Waals surface area contributed by atoms with Crippen molar-refractivity contribution in [3.63, 3.8) is 0 Å². The Morgan fingerprint density at radius 1 is 1.20 bits per heavy atom. The fraction of sp³-hybridized carbons (Fsp3) is 0.190. The highest BCUT2D eigenvalue weighted by Gasteiger charge is 2.18. The summed E-state index contributed by atoms with van der Waals surface area (Å²) >= 11 is 6.18. The normalized spacial score (nSPS) is 10.5. The van der Waals surface area contributed by atoms with Gasteiger partial charge in [-0.15, -0.1) is 0 Å². The Balaban J connectivity index is 1.76. The van der Waals surface area contributed by atoms with Crippen molar-refractivity contribution in [3.8, 4) is 22.8 Å². The molecular formula is C21H20ClN3O5. The van der Waals surface area contributed by atoms with E-state index in [2.05, 4.69) is 17.4 Å². The van der Waals surface area contributed by atoms with Crippen LogP contribution in [-0.2, 0) is 11.2 Å². The molecule has 1 aromatic heterocycles. The zero-order chi connectivity index (χ0) is 21.7. The summed E-state index contributed by atoms with van der Waals surface area (Å²) in [4.78, 5) is 23.5. The van der Waals surface area contributed by atoms with Gasteiger partial charge in [0.2, 0.25) is 5.88 Å². The van der Waals surface area contributed by atoms with Gasteiger partial charge in [0.05, 0.1) is 12.1 Å². The summed E-state index contributed by atoms with van der Waals surface area (Å²) < 4.78 is 15.7. The van der Waals surface area contributed by atoms with E-state index in [0.29, 0.717) is 5.69 Å². The highest BCUT2D eigenvalue weighted by atomic mass is 35.5. The molecule has 0 unspecified atom stereocenters. The zero-order valence-electron chi connectivity index (χ0n) is 16.4. The number of nitrogens with zero attached hydrogens (tertiary/aromatic N) is 1. The topological polar surface area (TPSA) is 117 Å². The van der Waals surface area contributed by atoms with Gasteiger partial charge in [-0.1, -0.05) is 47.9 Å². The molecule has 2 amide bonds. The molecule has 0 bridgehead atoms. The number of hydrogen-bond acceptors (Lipinski definition) is 6. The van der Waals surface area contributed by atoms with Gasteiger partial charge in [-0.3, -0.25) is 14.9 Å². The summed E-state index contributed by atoms with van der Waals surface area (Å²) in [6, 6.07) is 12.4. The number of benzene rings is 2. The van der Waals surface area contributed by atoms with Crippen molar-refractivity contribution in [2.75, 3.05) is 19.0 Å². The van der Waals surface area contributed by atoms with Crippen molar-refractivity contribution in [3.05, 3.63) is 58.6 Å². The number of carbonyl (C=O) groups excluding carboxylic acids is 2. The third kappa shape index (κ3) is 4.90. The number of aromatic nitrogens is 1. The van der Waals surface area contributed by atoms with Crippen LogP contribution in [0.4, 0.5) is 5.88 Å². The quantitative estimate of drug-likeness (QED) is 0.564. The smallest absolute Gasteiger partial charge is 0.258 e. The van der Waals surface area contributed by atoms with E-state index in [9.17, 15) is 9.59 Å². The summed E-state index contributed by atoms with van der Waals surface area (Å²) in [5.74, 6) is -0.671. The van der Waals surface area contributed by atoms with Crippen LogP contribution in [0.3, 0.4) is 0 Å². The van der Waals surface area contributed by atoms with Crippen LogP contribution in [0.15, 0.2) is 47.0 Å². The van der Waals surface area contributed by atoms with Crippen molar-refractivity contribution in [1.82, 2.24) is 5.16 Å². The highest BCUT2D eigenvalue weighted by molar-refractivity contribution is 6.32. The molecule has 8 nitrogen and oxygen atoms in total. The number of nitrogens with one attached hydrogen (secondary N) is 1. The lowest BCUT2D eigenvalue weighted by Gasteiger charge is -2.13. The largest absolute Gasteiger partial charge is 0.493 e. The molecule has 0 saturated carbocycles. The van der Waals surface area contributed by atoms with Crippen LogP contribution in [-0.4, -0.2) is 30.7 Å². The number of anilines is 1. The molecule has 0 aliphatic carbocycles. The van der Waals surface area contributed by atoms with E-state index in [4.69, 9.17) is 31.3 Å². The van der Waals surface area contributed by atoms with Gasteiger partial charge in [-0.2, -0.15) is 0 Å². The molecule has 0 saturated heterocycles. The Labute approximate surface area is 177 Å². The first-order valence-electron chi connectivity index (χ1n) is 9.07. The predicted octanol–water partition coefficient (Wildman–Crippen LogP) is 3.68. The van der Waals surface area contributed by atoms with Crippen molar-refractivity contribution in [2.24, 2.45) is 5.73 Å².